The van der Waals surface area contributed by atoms with Crippen LogP contribution >= 0.6 is 0 Å². The summed E-state index contributed by atoms with van der Waals surface area (Å²) in [5.74, 6) is -1.90. The Hall–Kier alpha value is -3.17. The van der Waals surface area contributed by atoms with Crippen LogP contribution in [0.1, 0.15) is 24.2 Å². The molecule has 1 aromatic rings. The zero-order chi connectivity index (χ0) is 19.0. The molecule has 0 spiro atoms. The highest BCUT2D eigenvalue weighted by molar-refractivity contribution is 5.90. The summed E-state index contributed by atoms with van der Waals surface area (Å²) in [6, 6.07) is 3.41. The highest BCUT2D eigenvalue weighted by atomic mass is 16.6. The van der Waals surface area contributed by atoms with E-state index >= 15 is 0 Å². The number of ether oxygens (including phenoxy) is 2. The number of carbonyl (C=O) groups excluding carboxylic acids is 3. The minimum absolute atomic E-state index is 0.0173. The summed E-state index contributed by atoms with van der Waals surface area (Å²) in [7, 11) is 1.15. The maximum Gasteiger partial charge on any atom is 0.338 e. The smallest absolute Gasteiger partial charge is 0.338 e. The molecule has 2 amide bonds. The summed E-state index contributed by atoms with van der Waals surface area (Å²) in [6.45, 7) is 2.80. The van der Waals surface area contributed by atoms with Gasteiger partial charge < -0.3 is 20.1 Å². The first kappa shape index (κ1) is 19.9. The third-order valence-corrected chi connectivity index (χ3v) is 2.83. The first-order valence-electron chi connectivity index (χ1n) is 7.30. The number of methoxy groups -OCH3 is 1. The van der Waals surface area contributed by atoms with Crippen molar-refractivity contribution in [2.24, 2.45) is 0 Å². The SMILES string of the molecule is COC(=O)c1ccc(OCC(=O)NCC(=O)NC(C)C)c([N+](=O)[O-])c1. The number of hydrogen-bond acceptors (Lipinski definition) is 7. The van der Waals surface area contributed by atoms with E-state index in [0.29, 0.717) is 0 Å². The Morgan fingerprint density at radius 1 is 1.24 bits per heavy atom. The summed E-state index contributed by atoms with van der Waals surface area (Å²) >= 11 is 0. The van der Waals surface area contributed by atoms with Gasteiger partial charge in [-0.2, -0.15) is 0 Å². The van der Waals surface area contributed by atoms with Crippen molar-refractivity contribution in [1.29, 1.82) is 0 Å². The molecule has 0 saturated carbocycles. The zero-order valence-electron chi connectivity index (χ0n) is 14.0. The van der Waals surface area contributed by atoms with Crippen molar-refractivity contribution in [3.8, 4) is 5.75 Å². The van der Waals surface area contributed by atoms with Crippen molar-refractivity contribution in [2.45, 2.75) is 19.9 Å². The lowest BCUT2D eigenvalue weighted by Crippen LogP contribution is -2.41. The number of carbonyl (C=O) groups is 3. The summed E-state index contributed by atoms with van der Waals surface area (Å²) < 4.78 is 9.59. The third kappa shape index (κ3) is 6.45. The van der Waals surface area contributed by atoms with Crippen LogP contribution in [0.25, 0.3) is 0 Å². The highest BCUT2D eigenvalue weighted by Crippen LogP contribution is 2.28. The van der Waals surface area contributed by atoms with Gasteiger partial charge in [0.05, 0.1) is 24.1 Å². The van der Waals surface area contributed by atoms with E-state index in [1.54, 1.807) is 13.8 Å². The number of nitrogens with zero attached hydrogens (tertiary/aromatic N) is 1. The molecule has 136 valence electrons. The van der Waals surface area contributed by atoms with Gasteiger partial charge in [-0.1, -0.05) is 0 Å². The predicted molar refractivity (Wildman–Crippen MR) is 86.2 cm³/mol. The van der Waals surface area contributed by atoms with Crippen LogP contribution in [0, 0.1) is 10.1 Å². The average Bonchev–Trinajstić information content (AvgIpc) is 2.56. The van der Waals surface area contributed by atoms with Crippen molar-refractivity contribution in [3.63, 3.8) is 0 Å². The average molecular weight is 353 g/mol. The molecule has 25 heavy (non-hydrogen) atoms. The lowest BCUT2D eigenvalue weighted by molar-refractivity contribution is -0.385. The Labute approximate surface area is 143 Å². The second-order valence-corrected chi connectivity index (χ2v) is 5.22. The fraction of sp³-hybridized carbons (Fsp3) is 0.400. The second kappa shape index (κ2) is 9.21. The number of nitro groups is 1. The number of rotatable bonds is 8. The van der Waals surface area contributed by atoms with Gasteiger partial charge in [-0.3, -0.25) is 19.7 Å². The molecule has 0 bridgehead atoms. The first-order valence-corrected chi connectivity index (χ1v) is 7.30. The van der Waals surface area contributed by atoms with Crippen molar-refractivity contribution < 1.29 is 28.8 Å². The summed E-state index contributed by atoms with van der Waals surface area (Å²) in [6.07, 6.45) is 0. The second-order valence-electron chi connectivity index (χ2n) is 5.22. The largest absolute Gasteiger partial charge is 0.477 e. The fourth-order valence-electron chi connectivity index (χ4n) is 1.77. The van der Waals surface area contributed by atoms with E-state index in [2.05, 4.69) is 15.4 Å². The molecule has 0 unspecified atom stereocenters. The van der Waals surface area contributed by atoms with Gasteiger partial charge in [0, 0.05) is 12.1 Å². The fourth-order valence-corrected chi connectivity index (χ4v) is 1.77. The highest BCUT2D eigenvalue weighted by Gasteiger charge is 2.20. The molecule has 10 nitrogen and oxygen atoms in total. The van der Waals surface area contributed by atoms with Crippen molar-refractivity contribution in [3.05, 3.63) is 33.9 Å². The van der Waals surface area contributed by atoms with Crippen LogP contribution in [0.15, 0.2) is 18.2 Å². The number of nitrogens with one attached hydrogen (secondary N) is 2. The van der Waals surface area contributed by atoms with Crippen LogP contribution in [0.4, 0.5) is 5.69 Å². The van der Waals surface area contributed by atoms with Gasteiger partial charge in [0.2, 0.25) is 5.91 Å². The maximum absolute atomic E-state index is 11.6. The number of nitro benzene ring substituents is 1. The van der Waals surface area contributed by atoms with Crippen molar-refractivity contribution in [2.75, 3.05) is 20.3 Å². The number of benzene rings is 1. The number of amides is 2. The van der Waals surface area contributed by atoms with E-state index in [4.69, 9.17) is 4.74 Å². The van der Waals surface area contributed by atoms with Gasteiger partial charge in [-0.05, 0) is 26.0 Å². The normalized spacial score (nSPS) is 10.1. The van der Waals surface area contributed by atoms with Gasteiger partial charge in [0.1, 0.15) is 0 Å². The van der Waals surface area contributed by atoms with Crippen LogP contribution in [0.2, 0.25) is 0 Å². The quantitative estimate of drug-likeness (QED) is 0.392. The molecule has 0 aliphatic heterocycles. The minimum Gasteiger partial charge on any atom is -0.477 e. The molecule has 0 saturated heterocycles. The number of hydrogen-bond donors (Lipinski definition) is 2. The monoisotopic (exact) mass is 353 g/mol. The van der Waals surface area contributed by atoms with E-state index < -0.39 is 29.1 Å². The topological polar surface area (TPSA) is 137 Å². The van der Waals surface area contributed by atoms with Gasteiger partial charge in [-0.15, -0.1) is 0 Å². The van der Waals surface area contributed by atoms with E-state index in [0.717, 1.165) is 13.2 Å². The molecule has 0 heterocycles. The Morgan fingerprint density at radius 2 is 1.92 bits per heavy atom. The van der Waals surface area contributed by atoms with Crippen LogP contribution in [-0.4, -0.2) is 49.0 Å². The molecule has 0 atom stereocenters. The molecule has 0 aromatic heterocycles. The Bertz CT molecular complexity index is 673. The van der Waals surface area contributed by atoms with Crippen LogP contribution < -0.4 is 15.4 Å². The third-order valence-electron chi connectivity index (χ3n) is 2.83. The Balaban J connectivity index is 2.67. The van der Waals surface area contributed by atoms with Gasteiger partial charge in [-0.25, -0.2) is 4.79 Å². The standard InChI is InChI=1S/C15H19N3O7/c1-9(2)17-13(19)7-16-14(20)8-25-12-5-4-10(15(21)24-3)6-11(12)18(22)23/h4-6,9H,7-8H2,1-3H3,(H,16,20)(H,17,19). The van der Waals surface area contributed by atoms with E-state index in [1.807, 2.05) is 0 Å². The van der Waals surface area contributed by atoms with Gasteiger partial charge in [0.25, 0.3) is 5.91 Å². The molecule has 0 radical (unpaired) electrons. The van der Waals surface area contributed by atoms with Crippen molar-refractivity contribution >= 4 is 23.5 Å². The lowest BCUT2D eigenvalue weighted by Gasteiger charge is -2.10. The Morgan fingerprint density at radius 3 is 2.48 bits per heavy atom. The summed E-state index contributed by atoms with van der Waals surface area (Å²) in [4.78, 5) is 44.8. The van der Waals surface area contributed by atoms with Crippen LogP contribution in [-0.2, 0) is 14.3 Å². The van der Waals surface area contributed by atoms with Crippen LogP contribution in [0.3, 0.4) is 0 Å². The molecular weight excluding hydrogens is 334 g/mol. The number of esters is 1. The van der Waals surface area contributed by atoms with E-state index in [9.17, 15) is 24.5 Å². The predicted octanol–water partition coefficient (Wildman–Crippen LogP) is 0.401. The molecule has 0 aliphatic rings. The minimum atomic E-state index is -0.740. The molecule has 0 fully saturated rings. The zero-order valence-corrected chi connectivity index (χ0v) is 14.0. The van der Waals surface area contributed by atoms with Gasteiger partial charge >= 0.3 is 11.7 Å². The Kier molecular flexibility index (Phi) is 7.32. The van der Waals surface area contributed by atoms with E-state index in [1.165, 1.54) is 12.1 Å². The van der Waals surface area contributed by atoms with Gasteiger partial charge in [0.15, 0.2) is 12.4 Å². The lowest BCUT2D eigenvalue weighted by atomic mass is 10.2. The molecule has 0 aliphatic carbocycles. The molecule has 1 aromatic carbocycles. The summed E-state index contributed by atoms with van der Waals surface area (Å²) in [5, 5.41) is 16.0. The first-order chi connectivity index (χ1) is 11.7. The van der Waals surface area contributed by atoms with Crippen LogP contribution in [0.5, 0.6) is 5.75 Å². The maximum atomic E-state index is 11.6. The molecule has 1 rings (SSSR count). The molecule has 10 heteroatoms. The van der Waals surface area contributed by atoms with Crippen molar-refractivity contribution in [1.82, 2.24) is 10.6 Å². The molecule has 2 N–H and O–H groups in total. The van der Waals surface area contributed by atoms with E-state index in [-0.39, 0.29) is 29.8 Å². The summed E-state index contributed by atoms with van der Waals surface area (Å²) in [5.41, 5.74) is -0.496. The molecular formula is C15H19N3O7.